The van der Waals surface area contributed by atoms with Crippen LogP contribution >= 0.6 is 23.1 Å². The summed E-state index contributed by atoms with van der Waals surface area (Å²) in [4.78, 5) is 47.3. The number of likely N-dealkylation sites (tertiary alicyclic amines) is 1. The number of hydrogen-bond acceptors (Lipinski definition) is 8. The predicted molar refractivity (Wildman–Crippen MR) is 145 cm³/mol. The Hall–Kier alpha value is -3.18. The van der Waals surface area contributed by atoms with Crippen LogP contribution in [-0.2, 0) is 20.8 Å². The molecule has 3 amide bonds. The second-order valence-electron chi connectivity index (χ2n) is 9.96. The maximum absolute atomic E-state index is 12.8. The molecule has 2 aromatic heterocycles. The molecule has 37 heavy (non-hydrogen) atoms. The van der Waals surface area contributed by atoms with Crippen molar-refractivity contribution in [1.29, 1.82) is 0 Å². The second-order valence-corrected chi connectivity index (χ2v) is 12.3. The number of nitrogens with one attached hydrogen (secondary N) is 2. The summed E-state index contributed by atoms with van der Waals surface area (Å²) in [7, 11) is 0. The van der Waals surface area contributed by atoms with Crippen molar-refractivity contribution in [1.82, 2.24) is 14.9 Å². The fraction of sp³-hybridized carbons (Fsp3) is 0.423. The number of anilines is 2. The SMILES string of the molecule is CC(=O)Nc1ccc(C(=O)N2CCC(C(=O)Nc3ncc(SCc4ncc(C(C)(C)C)o4)s3)CC2)cc1. The predicted octanol–water partition coefficient (Wildman–Crippen LogP) is 5.17. The highest BCUT2D eigenvalue weighted by atomic mass is 32.2. The average Bonchev–Trinajstić information content (AvgIpc) is 3.52. The summed E-state index contributed by atoms with van der Waals surface area (Å²) >= 11 is 2.99. The van der Waals surface area contributed by atoms with E-state index >= 15 is 0 Å². The van der Waals surface area contributed by atoms with E-state index < -0.39 is 0 Å². The van der Waals surface area contributed by atoms with Crippen LogP contribution in [0.4, 0.5) is 10.8 Å². The van der Waals surface area contributed by atoms with Crippen molar-refractivity contribution in [2.24, 2.45) is 5.92 Å². The molecule has 2 N–H and O–H groups in total. The fourth-order valence-electron chi connectivity index (χ4n) is 3.87. The normalized spacial score (nSPS) is 14.4. The van der Waals surface area contributed by atoms with E-state index in [1.54, 1.807) is 53.3 Å². The highest BCUT2D eigenvalue weighted by molar-refractivity contribution is 8.00. The summed E-state index contributed by atoms with van der Waals surface area (Å²) in [5, 5.41) is 6.18. The number of benzene rings is 1. The molecule has 9 nitrogen and oxygen atoms in total. The van der Waals surface area contributed by atoms with Crippen LogP contribution in [0.3, 0.4) is 0 Å². The van der Waals surface area contributed by atoms with Crippen molar-refractivity contribution < 1.29 is 18.8 Å². The molecule has 0 aliphatic carbocycles. The zero-order valence-electron chi connectivity index (χ0n) is 21.4. The molecule has 1 fully saturated rings. The Labute approximate surface area is 224 Å². The molecule has 1 aliphatic heterocycles. The number of piperidine rings is 1. The smallest absolute Gasteiger partial charge is 0.253 e. The number of rotatable bonds is 7. The average molecular weight is 542 g/mol. The first-order valence-corrected chi connectivity index (χ1v) is 13.9. The molecule has 1 aliphatic rings. The Morgan fingerprint density at radius 1 is 1.08 bits per heavy atom. The summed E-state index contributed by atoms with van der Waals surface area (Å²) in [6.07, 6.45) is 4.71. The summed E-state index contributed by atoms with van der Waals surface area (Å²) < 4.78 is 6.80. The van der Waals surface area contributed by atoms with Crippen LogP contribution < -0.4 is 10.6 Å². The number of carbonyl (C=O) groups is 3. The Morgan fingerprint density at radius 3 is 2.41 bits per heavy atom. The molecule has 11 heteroatoms. The van der Waals surface area contributed by atoms with E-state index in [1.165, 1.54) is 18.3 Å². The lowest BCUT2D eigenvalue weighted by Crippen LogP contribution is -2.41. The number of oxazole rings is 1. The van der Waals surface area contributed by atoms with E-state index in [-0.39, 0.29) is 29.1 Å². The lowest BCUT2D eigenvalue weighted by Gasteiger charge is -2.31. The number of amides is 3. The van der Waals surface area contributed by atoms with E-state index in [4.69, 9.17) is 4.42 Å². The highest BCUT2D eigenvalue weighted by Crippen LogP contribution is 2.32. The summed E-state index contributed by atoms with van der Waals surface area (Å²) in [5.41, 5.74) is 1.13. The van der Waals surface area contributed by atoms with E-state index in [1.807, 2.05) is 0 Å². The lowest BCUT2D eigenvalue weighted by molar-refractivity contribution is -0.121. The molecular formula is C26H31N5O4S2. The number of aromatic nitrogens is 2. The monoisotopic (exact) mass is 541 g/mol. The minimum atomic E-state index is -0.172. The van der Waals surface area contributed by atoms with Crippen molar-refractivity contribution in [3.05, 3.63) is 53.9 Å². The molecule has 0 bridgehead atoms. The van der Waals surface area contributed by atoms with Gasteiger partial charge in [0.2, 0.25) is 17.7 Å². The Kier molecular flexibility index (Phi) is 8.33. The van der Waals surface area contributed by atoms with Gasteiger partial charge in [-0.1, -0.05) is 32.1 Å². The lowest BCUT2D eigenvalue weighted by atomic mass is 9.94. The van der Waals surface area contributed by atoms with E-state index in [0.29, 0.717) is 54.0 Å². The first kappa shape index (κ1) is 26.9. The Bertz CT molecular complexity index is 1250. The minimum Gasteiger partial charge on any atom is -0.444 e. The van der Waals surface area contributed by atoms with Gasteiger partial charge in [0, 0.05) is 42.6 Å². The van der Waals surface area contributed by atoms with Crippen LogP contribution in [0.25, 0.3) is 0 Å². The van der Waals surface area contributed by atoms with Gasteiger partial charge in [0.15, 0.2) is 5.13 Å². The number of nitrogens with zero attached hydrogens (tertiary/aromatic N) is 3. The van der Waals surface area contributed by atoms with Gasteiger partial charge in [-0.2, -0.15) is 0 Å². The maximum Gasteiger partial charge on any atom is 0.253 e. The number of hydrogen-bond donors (Lipinski definition) is 2. The van der Waals surface area contributed by atoms with Gasteiger partial charge in [-0.15, -0.1) is 11.8 Å². The molecule has 0 atom stereocenters. The van der Waals surface area contributed by atoms with Gasteiger partial charge in [0.1, 0.15) is 5.76 Å². The third-order valence-electron chi connectivity index (χ3n) is 5.95. The first-order chi connectivity index (χ1) is 17.6. The number of thiazole rings is 1. The van der Waals surface area contributed by atoms with Crippen molar-refractivity contribution in [2.45, 2.75) is 55.9 Å². The largest absolute Gasteiger partial charge is 0.444 e. The van der Waals surface area contributed by atoms with Crippen LogP contribution in [0.1, 0.15) is 62.5 Å². The van der Waals surface area contributed by atoms with Crippen molar-refractivity contribution in [3.8, 4) is 0 Å². The van der Waals surface area contributed by atoms with Gasteiger partial charge < -0.3 is 20.0 Å². The third-order valence-corrected chi connectivity index (χ3v) is 8.04. The van der Waals surface area contributed by atoms with Gasteiger partial charge in [-0.25, -0.2) is 9.97 Å². The summed E-state index contributed by atoms with van der Waals surface area (Å²) in [6.45, 7) is 8.71. The van der Waals surface area contributed by atoms with Crippen molar-refractivity contribution in [2.75, 3.05) is 23.7 Å². The molecule has 3 heterocycles. The van der Waals surface area contributed by atoms with Crippen LogP contribution in [-0.4, -0.2) is 45.7 Å². The van der Waals surface area contributed by atoms with Crippen LogP contribution in [0.2, 0.25) is 0 Å². The molecule has 196 valence electrons. The fourth-order valence-corrected chi connectivity index (χ4v) is 5.60. The standard InChI is InChI=1S/C26H31N5O4S2/c1-16(32)29-19-7-5-18(6-8-19)24(34)31-11-9-17(10-12-31)23(33)30-25-28-14-22(37-25)36-15-21-27-13-20(35-21)26(2,3)4/h5-8,13-14,17H,9-12,15H2,1-4H3,(H,29,32)(H,28,30,33). The molecule has 1 saturated heterocycles. The zero-order valence-corrected chi connectivity index (χ0v) is 23.0. The zero-order chi connectivity index (χ0) is 26.6. The first-order valence-electron chi connectivity index (χ1n) is 12.1. The van der Waals surface area contributed by atoms with Gasteiger partial charge in [-0.05, 0) is 37.1 Å². The Morgan fingerprint density at radius 2 is 1.78 bits per heavy atom. The van der Waals surface area contributed by atoms with E-state index in [2.05, 4.69) is 41.4 Å². The number of thioether (sulfide) groups is 1. The van der Waals surface area contributed by atoms with Gasteiger partial charge in [0.25, 0.3) is 5.91 Å². The summed E-state index contributed by atoms with van der Waals surface area (Å²) in [6, 6.07) is 6.83. The molecular weight excluding hydrogens is 510 g/mol. The topological polar surface area (TPSA) is 117 Å². The molecule has 1 aromatic carbocycles. The second kappa shape index (κ2) is 11.5. The van der Waals surface area contributed by atoms with Crippen LogP contribution in [0, 0.1) is 5.92 Å². The molecule has 0 unspecified atom stereocenters. The van der Waals surface area contributed by atoms with Crippen molar-refractivity contribution >= 4 is 51.6 Å². The third kappa shape index (κ3) is 7.20. The summed E-state index contributed by atoms with van der Waals surface area (Å²) in [5.74, 6) is 1.64. The number of carbonyl (C=O) groups excluding carboxylic acids is 3. The molecule has 0 saturated carbocycles. The van der Waals surface area contributed by atoms with Gasteiger partial charge in [-0.3, -0.25) is 14.4 Å². The molecule has 0 radical (unpaired) electrons. The minimum absolute atomic E-state index is 0.0693. The van der Waals surface area contributed by atoms with Gasteiger partial charge in [0.05, 0.1) is 22.4 Å². The van der Waals surface area contributed by atoms with Crippen LogP contribution in [0.15, 0.2) is 45.3 Å². The van der Waals surface area contributed by atoms with Crippen molar-refractivity contribution in [3.63, 3.8) is 0 Å². The van der Waals surface area contributed by atoms with E-state index in [9.17, 15) is 14.4 Å². The quantitative estimate of drug-likeness (QED) is 0.396. The van der Waals surface area contributed by atoms with E-state index in [0.717, 1.165) is 9.97 Å². The highest BCUT2D eigenvalue weighted by Gasteiger charge is 2.28. The molecule has 4 rings (SSSR count). The molecule has 0 spiro atoms. The van der Waals surface area contributed by atoms with Gasteiger partial charge >= 0.3 is 0 Å². The van der Waals surface area contributed by atoms with Crippen LogP contribution in [0.5, 0.6) is 0 Å². The maximum atomic E-state index is 12.8. The Balaban J connectivity index is 1.23. The molecule has 3 aromatic rings.